The van der Waals surface area contributed by atoms with Crippen LogP contribution in [0.25, 0.3) is 0 Å². The summed E-state index contributed by atoms with van der Waals surface area (Å²) < 4.78 is 6.34. The molecular weight excluding hydrogens is 406 g/mol. The number of carbonyl (C=O) groups excluding carboxylic acids is 3. The van der Waals surface area contributed by atoms with Crippen LogP contribution in [-0.4, -0.2) is 58.8 Å². The molecule has 2 aromatic carbocycles. The minimum Gasteiger partial charge on any atom is -0.484 e. The fourth-order valence-corrected chi connectivity index (χ4v) is 5.05. The zero-order valence-electron chi connectivity index (χ0n) is 18.0. The van der Waals surface area contributed by atoms with Crippen LogP contribution in [0.15, 0.2) is 54.6 Å². The van der Waals surface area contributed by atoms with Gasteiger partial charge in [0.05, 0.1) is 12.1 Å². The zero-order chi connectivity index (χ0) is 22.1. The number of benzene rings is 2. The molecule has 32 heavy (non-hydrogen) atoms. The third-order valence-electron chi connectivity index (χ3n) is 6.78. The molecule has 0 saturated carbocycles. The van der Waals surface area contributed by atoms with Crippen LogP contribution in [0.3, 0.4) is 0 Å². The molecule has 2 aromatic rings. The van der Waals surface area contributed by atoms with E-state index in [2.05, 4.69) is 5.32 Å². The van der Waals surface area contributed by atoms with E-state index in [9.17, 15) is 14.4 Å². The summed E-state index contributed by atoms with van der Waals surface area (Å²) in [4.78, 5) is 42.4. The van der Waals surface area contributed by atoms with Crippen molar-refractivity contribution in [3.05, 3.63) is 60.2 Å². The summed E-state index contributed by atoms with van der Waals surface area (Å²) in [5.74, 6) is 0.522. The Morgan fingerprint density at radius 1 is 0.969 bits per heavy atom. The van der Waals surface area contributed by atoms with E-state index in [1.807, 2.05) is 47.4 Å². The molecule has 166 valence electrons. The molecule has 0 aromatic heterocycles. The molecule has 0 radical (unpaired) electrons. The van der Waals surface area contributed by atoms with Crippen LogP contribution in [0.1, 0.15) is 42.5 Å². The molecule has 2 fully saturated rings. The molecule has 3 heterocycles. The number of nitrogens with one attached hydrogen (secondary N) is 1. The number of para-hydroxylation sites is 2. The van der Waals surface area contributed by atoms with Crippen LogP contribution >= 0.6 is 0 Å². The number of ether oxygens (including phenoxy) is 1. The Bertz CT molecular complexity index is 1030. The van der Waals surface area contributed by atoms with Gasteiger partial charge >= 0.3 is 0 Å². The number of hydrogen-bond donors (Lipinski definition) is 1. The van der Waals surface area contributed by atoms with Gasteiger partial charge in [0, 0.05) is 38.0 Å². The van der Waals surface area contributed by atoms with Gasteiger partial charge < -0.3 is 19.9 Å². The summed E-state index contributed by atoms with van der Waals surface area (Å²) in [6, 6.07) is 16.2. The number of amides is 3. The average molecular weight is 434 g/mol. The number of fused-ring (bicyclic) bond motifs is 1. The smallest absolute Gasteiger partial charge is 0.254 e. The first-order valence-corrected chi connectivity index (χ1v) is 11.3. The fraction of sp³-hybridized carbons (Fsp3) is 0.400. The van der Waals surface area contributed by atoms with Gasteiger partial charge in [0.2, 0.25) is 11.8 Å². The summed E-state index contributed by atoms with van der Waals surface area (Å²) >= 11 is 0. The van der Waals surface area contributed by atoms with Crippen molar-refractivity contribution >= 4 is 23.4 Å². The maximum absolute atomic E-state index is 13.4. The van der Waals surface area contributed by atoms with Gasteiger partial charge in [-0.05, 0) is 37.1 Å². The highest BCUT2D eigenvalue weighted by molar-refractivity contribution is 5.98. The van der Waals surface area contributed by atoms with Crippen LogP contribution in [0.2, 0.25) is 0 Å². The maximum atomic E-state index is 13.4. The Morgan fingerprint density at radius 3 is 2.47 bits per heavy atom. The topological polar surface area (TPSA) is 79.0 Å². The molecule has 0 bridgehead atoms. The number of rotatable bonds is 2. The van der Waals surface area contributed by atoms with Crippen LogP contribution in [0, 0.1) is 0 Å². The first-order valence-electron chi connectivity index (χ1n) is 11.3. The predicted molar refractivity (Wildman–Crippen MR) is 119 cm³/mol. The molecule has 0 aliphatic carbocycles. The lowest BCUT2D eigenvalue weighted by molar-refractivity contribution is -0.139. The highest BCUT2D eigenvalue weighted by Crippen LogP contribution is 2.38. The molecule has 1 N–H and O–H groups in total. The number of nitrogens with zero attached hydrogens (tertiary/aromatic N) is 2. The van der Waals surface area contributed by atoms with E-state index in [4.69, 9.17) is 4.74 Å². The Balaban J connectivity index is 1.27. The molecule has 1 spiro atoms. The second-order valence-electron chi connectivity index (χ2n) is 8.85. The van der Waals surface area contributed by atoms with Crippen molar-refractivity contribution in [2.24, 2.45) is 0 Å². The second kappa shape index (κ2) is 8.30. The van der Waals surface area contributed by atoms with Gasteiger partial charge in [-0.15, -0.1) is 0 Å². The van der Waals surface area contributed by atoms with Gasteiger partial charge in [-0.1, -0.05) is 30.3 Å². The molecule has 1 unspecified atom stereocenters. The standard InChI is InChI=1S/C25H27N3O4/c29-22-17-25(32-21-11-5-4-9-19(21)26-22)12-15-27(16-13-25)24(31)20-10-6-14-28(20)23(30)18-7-2-1-3-8-18/h1-5,7-9,11,20H,6,10,12-17H2,(H,26,29). The summed E-state index contributed by atoms with van der Waals surface area (Å²) in [7, 11) is 0. The molecule has 3 amide bonds. The minimum absolute atomic E-state index is 0.0000970. The Hall–Kier alpha value is -3.35. The maximum Gasteiger partial charge on any atom is 0.254 e. The number of carbonyl (C=O) groups is 3. The van der Waals surface area contributed by atoms with E-state index in [0.29, 0.717) is 55.9 Å². The Kier molecular flexibility index (Phi) is 5.33. The number of hydrogen-bond acceptors (Lipinski definition) is 4. The van der Waals surface area contributed by atoms with Gasteiger partial charge in [0.25, 0.3) is 5.91 Å². The zero-order valence-corrected chi connectivity index (χ0v) is 18.0. The summed E-state index contributed by atoms with van der Waals surface area (Å²) in [6.07, 6.45) is 2.95. The Morgan fingerprint density at radius 2 is 1.69 bits per heavy atom. The summed E-state index contributed by atoms with van der Waals surface area (Å²) in [6.45, 7) is 1.62. The lowest BCUT2D eigenvalue weighted by Gasteiger charge is -2.42. The monoisotopic (exact) mass is 433 g/mol. The van der Waals surface area contributed by atoms with E-state index in [-0.39, 0.29) is 24.1 Å². The van der Waals surface area contributed by atoms with Crippen molar-refractivity contribution in [1.29, 1.82) is 0 Å². The van der Waals surface area contributed by atoms with Gasteiger partial charge in [-0.2, -0.15) is 0 Å². The van der Waals surface area contributed by atoms with Gasteiger partial charge in [-0.25, -0.2) is 0 Å². The largest absolute Gasteiger partial charge is 0.484 e. The molecule has 2 saturated heterocycles. The van der Waals surface area contributed by atoms with E-state index < -0.39 is 11.6 Å². The predicted octanol–water partition coefficient (Wildman–Crippen LogP) is 3.07. The molecule has 3 aliphatic rings. The molecule has 7 heteroatoms. The van der Waals surface area contributed by atoms with Crippen molar-refractivity contribution in [2.75, 3.05) is 25.0 Å². The van der Waals surface area contributed by atoms with Gasteiger partial charge in [0.1, 0.15) is 17.4 Å². The fourth-order valence-electron chi connectivity index (χ4n) is 5.05. The molecule has 3 aliphatic heterocycles. The quantitative estimate of drug-likeness (QED) is 0.790. The summed E-state index contributed by atoms with van der Waals surface area (Å²) in [5, 5.41) is 2.92. The lowest BCUT2D eigenvalue weighted by atomic mass is 9.87. The average Bonchev–Trinajstić information content (AvgIpc) is 3.25. The van der Waals surface area contributed by atoms with E-state index >= 15 is 0 Å². The van der Waals surface area contributed by atoms with E-state index in [0.717, 1.165) is 6.42 Å². The first-order chi connectivity index (χ1) is 15.5. The van der Waals surface area contributed by atoms with Crippen LogP contribution < -0.4 is 10.1 Å². The highest BCUT2D eigenvalue weighted by atomic mass is 16.5. The second-order valence-corrected chi connectivity index (χ2v) is 8.85. The minimum atomic E-state index is -0.608. The number of anilines is 1. The van der Waals surface area contributed by atoms with E-state index in [1.165, 1.54) is 0 Å². The van der Waals surface area contributed by atoms with Crippen LogP contribution in [-0.2, 0) is 9.59 Å². The van der Waals surface area contributed by atoms with Crippen molar-refractivity contribution < 1.29 is 19.1 Å². The van der Waals surface area contributed by atoms with Gasteiger partial charge in [0.15, 0.2) is 0 Å². The van der Waals surface area contributed by atoms with Crippen molar-refractivity contribution in [3.63, 3.8) is 0 Å². The van der Waals surface area contributed by atoms with Gasteiger partial charge in [-0.3, -0.25) is 14.4 Å². The van der Waals surface area contributed by atoms with Crippen molar-refractivity contribution in [3.8, 4) is 5.75 Å². The third kappa shape index (κ3) is 3.83. The first kappa shape index (κ1) is 20.5. The third-order valence-corrected chi connectivity index (χ3v) is 6.78. The van der Waals surface area contributed by atoms with Crippen molar-refractivity contribution in [2.45, 2.75) is 43.7 Å². The van der Waals surface area contributed by atoms with E-state index in [1.54, 1.807) is 17.0 Å². The number of likely N-dealkylation sites (tertiary alicyclic amines) is 2. The molecule has 1 atom stereocenters. The van der Waals surface area contributed by atoms with Crippen LogP contribution in [0.5, 0.6) is 5.75 Å². The summed E-state index contributed by atoms with van der Waals surface area (Å²) in [5.41, 5.74) is 0.693. The van der Waals surface area contributed by atoms with Crippen LogP contribution in [0.4, 0.5) is 5.69 Å². The SMILES string of the molecule is O=C1CC2(CCN(C(=O)C3CCCN3C(=O)c3ccccc3)CC2)Oc2ccccc2N1. The van der Waals surface area contributed by atoms with Crippen molar-refractivity contribution in [1.82, 2.24) is 9.80 Å². The molecular formula is C25H27N3O4. The molecule has 7 nitrogen and oxygen atoms in total. The molecule has 5 rings (SSSR count). The Labute approximate surface area is 187 Å². The highest BCUT2D eigenvalue weighted by Gasteiger charge is 2.44. The number of piperidine rings is 1. The lowest BCUT2D eigenvalue weighted by Crippen LogP contribution is -2.54. The normalized spacial score (nSPS) is 22.0.